The van der Waals surface area contributed by atoms with Gasteiger partial charge in [-0.2, -0.15) is 0 Å². The molecule has 2 aliphatic rings. The number of para-hydroxylation sites is 1. The van der Waals surface area contributed by atoms with Crippen LogP contribution in [0.4, 0.5) is 0 Å². The minimum absolute atomic E-state index is 0. The van der Waals surface area contributed by atoms with Gasteiger partial charge in [0.25, 0.3) is 0 Å². The predicted molar refractivity (Wildman–Crippen MR) is 127 cm³/mol. The Morgan fingerprint density at radius 1 is 1.20 bits per heavy atom. The van der Waals surface area contributed by atoms with E-state index in [0.29, 0.717) is 18.4 Å². The summed E-state index contributed by atoms with van der Waals surface area (Å²) >= 11 is 0. The second-order valence-electron chi connectivity index (χ2n) is 7.77. The highest BCUT2D eigenvalue weighted by Crippen LogP contribution is 2.27. The fraction of sp³-hybridized carbons (Fsp3) is 0.524. The molecule has 30 heavy (non-hydrogen) atoms. The minimum Gasteiger partial charge on any atom is -0.352 e. The Bertz CT molecular complexity index is 848. The van der Waals surface area contributed by atoms with Crippen molar-refractivity contribution in [1.29, 1.82) is 0 Å². The Morgan fingerprint density at radius 3 is 2.70 bits per heavy atom. The fourth-order valence-electron chi connectivity index (χ4n) is 4.24. The smallest absolute Gasteiger partial charge is 0.225 e. The number of rotatable bonds is 5. The maximum absolute atomic E-state index is 12.6. The van der Waals surface area contributed by atoms with Gasteiger partial charge in [0.05, 0.1) is 6.54 Å². The molecule has 4 rings (SSSR count). The highest BCUT2D eigenvalue weighted by atomic mass is 127. The van der Waals surface area contributed by atoms with E-state index < -0.39 is 0 Å². The zero-order chi connectivity index (χ0) is 20.1. The molecule has 2 aromatic rings. The first-order chi connectivity index (χ1) is 14.2. The second kappa shape index (κ2) is 10.7. The van der Waals surface area contributed by atoms with Crippen molar-refractivity contribution in [2.45, 2.75) is 44.7 Å². The van der Waals surface area contributed by atoms with Crippen LogP contribution in [-0.4, -0.2) is 57.7 Å². The fourth-order valence-corrected chi connectivity index (χ4v) is 4.24. The van der Waals surface area contributed by atoms with Gasteiger partial charge in [-0.15, -0.1) is 34.2 Å². The molecule has 0 radical (unpaired) electrons. The van der Waals surface area contributed by atoms with E-state index in [1.54, 1.807) is 13.4 Å². The summed E-state index contributed by atoms with van der Waals surface area (Å²) in [6.07, 6.45) is 7.15. The van der Waals surface area contributed by atoms with E-state index in [0.717, 1.165) is 43.9 Å². The van der Waals surface area contributed by atoms with Crippen LogP contribution in [0.25, 0.3) is 5.69 Å². The largest absolute Gasteiger partial charge is 0.352 e. The van der Waals surface area contributed by atoms with Gasteiger partial charge in [0.1, 0.15) is 6.33 Å². The topological polar surface area (TPSA) is 87.4 Å². The summed E-state index contributed by atoms with van der Waals surface area (Å²) in [6, 6.07) is 10.2. The first kappa shape index (κ1) is 22.5. The van der Waals surface area contributed by atoms with Crippen LogP contribution in [0.5, 0.6) is 0 Å². The number of benzene rings is 1. The molecule has 8 nitrogen and oxygen atoms in total. The van der Waals surface area contributed by atoms with Gasteiger partial charge in [0.2, 0.25) is 5.91 Å². The summed E-state index contributed by atoms with van der Waals surface area (Å²) < 4.78 is 1.96. The molecule has 9 heteroatoms. The van der Waals surface area contributed by atoms with E-state index in [4.69, 9.17) is 0 Å². The molecule has 162 valence electrons. The van der Waals surface area contributed by atoms with Gasteiger partial charge in [-0.05, 0) is 31.4 Å². The maximum atomic E-state index is 12.6. The molecule has 1 atom stereocenters. The average molecular weight is 523 g/mol. The van der Waals surface area contributed by atoms with Gasteiger partial charge < -0.3 is 15.5 Å². The Balaban J connectivity index is 0.00000256. The molecule has 0 spiro atoms. The van der Waals surface area contributed by atoms with Crippen molar-refractivity contribution in [2.24, 2.45) is 10.9 Å². The monoisotopic (exact) mass is 523 g/mol. The van der Waals surface area contributed by atoms with Gasteiger partial charge in [0.15, 0.2) is 11.8 Å². The van der Waals surface area contributed by atoms with Crippen LogP contribution in [0.1, 0.15) is 37.9 Å². The molecule has 1 aliphatic carbocycles. The normalized spacial score (nSPS) is 19.6. The summed E-state index contributed by atoms with van der Waals surface area (Å²) in [4.78, 5) is 19.0. The number of halogens is 1. The number of amides is 1. The van der Waals surface area contributed by atoms with Crippen molar-refractivity contribution in [3.63, 3.8) is 0 Å². The van der Waals surface area contributed by atoms with Crippen molar-refractivity contribution in [2.75, 3.05) is 20.1 Å². The number of likely N-dealkylation sites (tertiary alicyclic amines) is 1. The number of hydrogen-bond acceptors (Lipinski definition) is 4. The van der Waals surface area contributed by atoms with Crippen LogP contribution in [0, 0.1) is 5.92 Å². The SMILES string of the molecule is CN=C(NCc1nncn1-c1ccccc1)NC1CCN(C(=O)C2CCCC2)C1.I. The lowest BCUT2D eigenvalue weighted by Gasteiger charge is -2.21. The number of aliphatic imine (C=N–C) groups is 1. The molecular formula is C21H30IN7O. The Labute approximate surface area is 194 Å². The number of hydrogen-bond donors (Lipinski definition) is 2. The number of carbonyl (C=O) groups excluding carboxylic acids is 1. The Hall–Kier alpha value is -2.17. The van der Waals surface area contributed by atoms with Gasteiger partial charge in [0, 0.05) is 37.8 Å². The summed E-state index contributed by atoms with van der Waals surface area (Å²) in [7, 11) is 1.76. The molecule has 1 saturated carbocycles. The van der Waals surface area contributed by atoms with Crippen LogP contribution in [0.15, 0.2) is 41.7 Å². The summed E-state index contributed by atoms with van der Waals surface area (Å²) in [5.74, 6) is 2.11. The quantitative estimate of drug-likeness (QED) is 0.357. The van der Waals surface area contributed by atoms with E-state index >= 15 is 0 Å². The van der Waals surface area contributed by atoms with Crippen molar-refractivity contribution in [3.8, 4) is 5.69 Å². The van der Waals surface area contributed by atoms with Crippen LogP contribution in [0.3, 0.4) is 0 Å². The molecule has 1 saturated heterocycles. The zero-order valence-electron chi connectivity index (χ0n) is 17.3. The van der Waals surface area contributed by atoms with Gasteiger partial charge >= 0.3 is 0 Å². The third kappa shape index (κ3) is 5.30. The van der Waals surface area contributed by atoms with Crippen LogP contribution < -0.4 is 10.6 Å². The first-order valence-electron chi connectivity index (χ1n) is 10.4. The predicted octanol–water partition coefficient (Wildman–Crippen LogP) is 2.34. The molecule has 1 aromatic heterocycles. The molecule has 1 unspecified atom stereocenters. The number of guanidine groups is 1. The van der Waals surface area contributed by atoms with Crippen LogP contribution in [0.2, 0.25) is 0 Å². The number of nitrogens with zero attached hydrogens (tertiary/aromatic N) is 5. The van der Waals surface area contributed by atoms with Gasteiger partial charge in [-0.1, -0.05) is 31.0 Å². The lowest BCUT2D eigenvalue weighted by Crippen LogP contribution is -2.45. The molecular weight excluding hydrogens is 493 g/mol. The second-order valence-corrected chi connectivity index (χ2v) is 7.77. The number of carbonyl (C=O) groups is 1. The van der Waals surface area contributed by atoms with Crippen molar-refractivity contribution < 1.29 is 4.79 Å². The highest BCUT2D eigenvalue weighted by Gasteiger charge is 2.32. The molecule has 1 aliphatic heterocycles. The van der Waals surface area contributed by atoms with Crippen molar-refractivity contribution in [3.05, 3.63) is 42.5 Å². The Kier molecular flexibility index (Phi) is 8.06. The third-order valence-corrected chi connectivity index (χ3v) is 5.84. The molecule has 2 N–H and O–H groups in total. The summed E-state index contributed by atoms with van der Waals surface area (Å²) in [5.41, 5.74) is 1.02. The molecule has 2 heterocycles. The Morgan fingerprint density at radius 2 is 1.97 bits per heavy atom. The molecule has 1 amide bonds. The lowest BCUT2D eigenvalue weighted by molar-refractivity contribution is -0.134. The molecule has 2 fully saturated rings. The zero-order valence-corrected chi connectivity index (χ0v) is 19.7. The van der Waals surface area contributed by atoms with Crippen LogP contribution >= 0.6 is 24.0 Å². The standard InChI is InChI=1S/C21H29N7O.HI/c1-22-21(23-13-19-26-24-15-28(19)18-9-3-2-4-10-18)25-17-11-12-27(14-17)20(29)16-7-5-6-8-16;/h2-4,9-10,15-17H,5-8,11-14H2,1H3,(H2,22,23,25);1H. The molecule has 0 bridgehead atoms. The van der Waals surface area contributed by atoms with E-state index in [1.165, 1.54) is 12.8 Å². The summed E-state index contributed by atoms with van der Waals surface area (Å²) in [5, 5.41) is 15.0. The van der Waals surface area contributed by atoms with E-state index in [9.17, 15) is 4.79 Å². The highest BCUT2D eigenvalue weighted by molar-refractivity contribution is 14.0. The van der Waals surface area contributed by atoms with Crippen LogP contribution in [-0.2, 0) is 11.3 Å². The maximum Gasteiger partial charge on any atom is 0.225 e. The van der Waals surface area contributed by atoms with E-state index in [2.05, 4.69) is 25.8 Å². The van der Waals surface area contributed by atoms with Gasteiger partial charge in [-0.25, -0.2) is 0 Å². The average Bonchev–Trinajstić information content (AvgIpc) is 3.53. The summed E-state index contributed by atoms with van der Waals surface area (Å²) in [6.45, 7) is 2.08. The first-order valence-corrected chi connectivity index (χ1v) is 10.4. The van der Waals surface area contributed by atoms with Gasteiger partial charge in [-0.3, -0.25) is 14.4 Å². The lowest BCUT2D eigenvalue weighted by atomic mass is 10.1. The molecule has 1 aromatic carbocycles. The minimum atomic E-state index is 0. The number of nitrogens with one attached hydrogen (secondary N) is 2. The number of aromatic nitrogens is 3. The van der Waals surface area contributed by atoms with E-state index in [1.807, 2.05) is 39.8 Å². The third-order valence-electron chi connectivity index (χ3n) is 5.84. The van der Waals surface area contributed by atoms with E-state index in [-0.39, 0.29) is 35.9 Å². The van der Waals surface area contributed by atoms with Crippen molar-refractivity contribution >= 4 is 35.8 Å². The van der Waals surface area contributed by atoms with Crippen molar-refractivity contribution in [1.82, 2.24) is 30.3 Å².